The number of rotatable bonds is 3. The van der Waals surface area contributed by atoms with Crippen LogP contribution in [0.3, 0.4) is 0 Å². The van der Waals surface area contributed by atoms with Crippen molar-refractivity contribution in [3.8, 4) is 11.6 Å². The molecule has 0 aliphatic carbocycles. The second kappa shape index (κ2) is 5.32. The van der Waals surface area contributed by atoms with Crippen molar-refractivity contribution in [1.82, 2.24) is 4.98 Å². The molecule has 0 unspecified atom stereocenters. The third kappa shape index (κ3) is 3.19. The van der Waals surface area contributed by atoms with Crippen LogP contribution in [0.2, 0.25) is 5.02 Å². The number of hydrogen-bond acceptors (Lipinski definition) is 4. The first-order valence-electron chi connectivity index (χ1n) is 4.85. The fourth-order valence-electron chi connectivity index (χ4n) is 1.27. The third-order valence-corrected chi connectivity index (χ3v) is 2.21. The Morgan fingerprint density at radius 3 is 2.88 bits per heavy atom. The van der Waals surface area contributed by atoms with Gasteiger partial charge in [0.15, 0.2) is 0 Å². The molecule has 1 aromatic carbocycles. The normalized spacial score (nSPS) is 10.6. The van der Waals surface area contributed by atoms with Crippen molar-refractivity contribution in [3.63, 3.8) is 0 Å². The molecule has 2 aromatic rings. The van der Waals surface area contributed by atoms with E-state index in [2.05, 4.69) is 10.1 Å². The van der Waals surface area contributed by atoms with Gasteiger partial charge in [0.1, 0.15) is 5.75 Å². The zero-order chi connectivity index (χ0) is 12.1. The summed E-state index contributed by atoms with van der Waals surface area (Å²) in [4.78, 5) is 4.01. The maximum atomic E-state index is 8.43. The molecule has 4 nitrogen and oxygen atoms in total. The van der Waals surface area contributed by atoms with Crippen molar-refractivity contribution in [1.29, 1.82) is 0 Å². The number of halogens is 1. The lowest BCUT2D eigenvalue weighted by atomic mass is 10.2. The fourth-order valence-corrected chi connectivity index (χ4v) is 1.38. The maximum Gasteiger partial charge on any atom is 0.219 e. The van der Waals surface area contributed by atoms with Gasteiger partial charge < -0.3 is 9.94 Å². The molecule has 0 amide bonds. The molecule has 1 N–H and O–H groups in total. The topological polar surface area (TPSA) is 54.7 Å². The Kier molecular flexibility index (Phi) is 3.57. The van der Waals surface area contributed by atoms with Crippen LogP contribution in [0.1, 0.15) is 5.56 Å². The average Bonchev–Trinajstić information content (AvgIpc) is 2.33. The summed E-state index contributed by atoms with van der Waals surface area (Å²) in [5.41, 5.74) is 0.735. The van der Waals surface area contributed by atoms with E-state index in [4.69, 9.17) is 21.5 Å². The lowest BCUT2D eigenvalue weighted by molar-refractivity contribution is 0.322. The van der Waals surface area contributed by atoms with Crippen LogP contribution in [-0.4, -0.2) is 16.4 Å². The Morgan fingerprint density at radius 1 is 1.29 bits per heavy atom. The molecule has 0 spiro atoms. The van der Waals surface area contributed by atoms with Crippen LogP contribution in [0.4, 0.5) is 0 Å². The van der Waals surface area contributed by atoms with Crippen molar-refractivity contribution in [2.45, 2.75) is 0 Å². The van der Waals surface area contributed by atoms with E-state index in [1.165, 1.54) is 12.4 Å². The first-order valence-corrected chi connectivity index (χ1v) is 5.22. The summed E-state index contributed by atoms with van der Waals surface area (Å²) >= 11 is 5.72. The van der Waals surface area contributed by atoms with Gasteiger partial charge in [0.25, 0.3) is 0 Å². The predicted octanol–water partition coefficient (Wildman–Crippen LogP) is 3.34. The minimum atomic E-state index is 0.451. The van der Waals surface area contributed by atoms with Crippen molar-refractivity contribution in [2.24, 2.45) is 5.16 Å². The highest BCUT2D eigenvalue weighted by Crippen LogP contribution is 2.20. The van der Waals surface area contributed by atoms with Crippen LogP contribution < -0.4 is 4.74 Å². The summed E-state index contributed by atoms with van der Waals surface area (Å²) in [6.07, 6.45) is 2.83. The average molecular weight is 249 g/mol. The van der Waals surface area contributed by atoms with Crippen molar-refractivity contribution in [2.75, 3.05) is 0 Å². The van der Waals surface area contributed by atoms with E-state index in [9.17, 15) is 0 Å². The second-order valence-corrected chi connectivity index (χ2v) is 3.67. The van der Waals surface area contributed by atoms with E-state index in [0.717, 1.165) is 5.56 Å². The number of benzene rings is 1. The van der Waals surface area contributed by atoms with Crippen LogP contribution in [0.25, 0.3) is 0 Å². The lowest BCUT2D eigenvalue weighted by Gasteiger charge is -2.04. The SMILES string of the molecule is O/N=C/c1cccc(Oc2ccc(Cl)cn2)c1. The molecule has 0 bridgehead atoms. The molecular weight excluding hydrogens is 240 g/mol. The highest BCUT2D eigenvalue weighted by atomic mass is 35.5. The van der Waals surface area contributed by atoms with Gasteiger partial charge in [-0.25, -0.2) is 4.98 Å². The quantitative estimate of drug-likeness (QED) is 0.515. The van der Waals surface area contributed by atoms with E-state index < -0.39 is 0 Å². The predicted molar refractivity (Wildman–Crippen MR) is 65.1 cm³/mol. The summed E-state index contributed by atoms with van der Waals surface area (Å²) in [7, 11) is 0. The van der Waals surface area contributed by atoms with Gasteiger partial charge in [0.05, 0.1) is 11.2 Å². The zero-order valence-electron chi connectivity index (χ0n) is 8.75. The molecule has 0 aliphatic heterocycles. The molecule has 0 saturated carbocycles. The van der Waals surface area contributed by atoms with Crippen LogP contribution in [0, 0.1) is 0 Å². The van der Waals surface area contributed by atoms with Gasteiger partial charge in [-0.3, -0.25) is 0 Å². The summed E-state index contributed by atoms with van der Waals surface area (Å²) < 4.78 is 5.51. The van der Waals surface area contributed by atoms with Gasteiger partial charge in [-0.2, -0.15) is 0 Å². The molecule has 0 radical (unpaired) electrons. The van der Waals surface area contributed by atoms with Gasteiger partial charge >= 0.3 is 0 Å². The summed E-state index contributed by atoms with van der Waals surface area (Å²) in [5.74, 6) is 1.06. The number of hydrogen-bond donors (Lipinski definition) is 1. The monoisotopic (exact) mass is 248 g/mol. The van der Waals surface area contributed by atoms with E-state index in [1.807, 2.05) is 0 Å². The smallest absolute Gasteiger partial charge is 0.219 e. The minimum Gasteiger partial charge on any atom is -0.439 e. The first-order chi connectivity index (χ1) is 8.28. The van der Waals surface area contributed by atoms with Crippen LogP contribution in [0.15, 0.2) is 47.8 Å². The standard InChI is InChI=1S/C12H9ClN2O2/c13-10-4-5-12(14-8-10)17-11-3-1-2-9(6-11)7-15-16/h1-8,16H/b15-7+. The van der Waals surface area contributed by atoms with Gasteiger partial charge in [0, 0.05) is 12.3 Å². The first kappa shape index (κ1) is 11.4. The molecule has 0 atom stereocenters. The number of aromatic nitrogens is 1. The molecule has 2 rings (SSSR count). The highest BCUT2D eigenvalue weighted by molar-refractivity contribution is 6.30. The van der Waals surface area contributed by atoms with Crippen molar-refractivity contribution < 1.29 is 9.94 Å². The second-order valence-electron chi connectivity index (χ2n) is 3.23. The van der Waals surface area contributed by atoms with E-state index in [1.54, 1.807) is 36.4 Å². The third-order valence-electron chi connectivity index (χ3n) is 1.99. The summed E-state index contributed by atoms with van der Waals surface area (Å²) in [5, 5.41) is 11.9. The number of pyridine rings is 1. The van der Waals surface area contributed by atoms with Crippen LogP contribution in [0.5, 0.6) is 11.6 Å². The van der Waals surface area contributed by atoms with E-state index >= 15 is 0 Å². The Hall–Kier alpha value is -2.07. The molecule has 0 aliphatic rings. The molecular formula is C12H9ClN2O2. The Morgan fingerprint density at radius 2 is 2.18 bits per heavy atom. The number of ether oxygens (including phenoxy) is 1. The molecule has 5 heteroatoms. The molecule has 1 aromatic heterocycles. The molecule has 17 heavy (non-hydrogen) atoms. The zero-order valence-corrected chi connectivity index (χ0v) is 9.50. The van der Waals surface area contributed by atoms with Crippen molar-refractivity contribution in [3.05, 3.63) is 53.2 Å². The molecule has 1 heterocycles. The molecule has 0 fully saturated rings. The van der Waals surface area contributed by atoms with Gasteiger partial charge in [-0.15, -0.1) is 0 Å². The summed E-state index contributed by atoms with van der Waals surface area (Å²) in [6.45, 7) is 0. The maximum absolute atomic E-state index is 8.43. The fraction of sp³-hybridized carbons (Fsp3) is 0. The summed E-state index contributed by atoms with van der Waals surface area (Å²) in [6, 6.07) is 10.5. The minimum absolute atomic E-state index is 0.451. The van der Waals surface area contributed by atoms with Gasteiger partial charge in [-0.05, 0) is 23.8 Å². The molecule has 86 valence electrons. The number of nitrogens with zero attached hydrogens (tertiary/aromatic N) is 2. The van der Waals surface area contributed by atoms with Crippen molar-refractivity contribution >= 4 is 17.8 Å². The number of oxime groups is 1. The van der Waals surface area contributed by atoms with Gasteiger partial charge in [-0.1, -0.05) is 28.9 Å². The largest absolute Gasteiger partial charge is 0.439 e. The molecule has 0 saturated heterocycles. The Balaban J connectivity index is 2.18. The van der Waals surface area contributed by atoms with E-state index in [-0.39, 0.29) is 0 Å². The highest BCUT2D eigenvalue weighted by Gasteiger charge is 1.99. The Bertz CT molecular complexity index is 526. The lowest BCUT2D eigenvalue weighted by Crippen LogP contribution is -1.88. The van der Waals surface area contributed by atoms with Crippen LogP contribution in [-0.2, 0) is 0 Å². The van der Waals surface area contributed by atoms with E-state index in [0.29, 0.717) is 16.7 Å². The van der Waals surface area contributed by atoms with Gasteiger partial charge in [0.2, 0.25) is 5.88 Å². The van der Waals surface area contributed by atoms with Crippen LogP contribution >= 0.6 is 11.6 Å². The Labute approximate surface area is 103 Å².